The van der Waals surface area contributed by atoms with Gasteiger partial charge in [0.1, 0.15) is 0 Å². The van der Waals surface area contributed by atoms with Crippen molar-refractivity contribution < 1.29 is 0 Å². The molecule has 0 unspecified atom stereocenters. The Morgan fingerprint density at radius 2 is 1.67 bits per heavy atom. The summed E-state index contributed by atoms with van der Waals surface area (Å²) in [6.07, 6.45) is 1.71. The molecule has 1 heterocycles. The Morgan fingerprint density at radius 1 is 1.00 bits per heavy atom. The van der Waals surface area contributed by atoms with Crippen LogP contribution in [-0.4, -0.2) is 16.2 Å². The van der Waals surface area contributed by atoms with Crippen LogP contribution in [-0.2, 0) is 0 Å². The third-order valence-electron chi connectivity index (χ3n) is 3.00. The van der Waals surface area contributed by atoms with Gasteiger partial charge < -0.3 is 0 Å². The Bertz CT molecular complexity index is 797. The molecule has 21 heavy (non-hydrogen) atoms. The fraction of sp³-hybridized carbons (Fsp3) is 0.0625. The topological polar surface area (TPSA) is 50.2 Å². The second kappa shape index (κ2) is 5.89. The number of halogens is 1. The Balaban J connectivity index is 1.81. The molecule has 0 bridgehead atoms. The number of nitrogens with one attached hydrogen (secondary N) is 1. The average molecular weight is 297 g/mol. The number of rotatable bonds is 3. The van der Waals surface area contributed by atoms with Crippen LogP contribution in [0.1, 0.15) is 11.3 Å². The number of aromatic nitrogens is 2. The van der Waals surface area contributed by atoms with Gasteiger partial charge in [-0.25, -0.2) is 9.97 Å². The maximum atomic E-state index is 5.84. The van der Waals surface area contributed by atoms with E-state index < -0.39 is 0 Å². The summed E-state index contributed by atoms with van der Waals surface area (Å²) >= 11 is 5.84. The number of nitrogens with zero attached hydrogens (tertiary/aromatic N) is 3. The number of hydrazone groups is 1. The van der Waals surface area contributed by atoms with Gasteiger partial charge in [-0.15, -0.1) is 0 Å². The third kappa shape index (κ3) is 3.17. The molecule has 0 aliphatic carbocycles. The normalized spacial score (nSPS) is 11.1. The van der Waals surface area contributed by atoms with Crippen LogP contribution >= 0.6 is 11.6 Å². The monoisotopic (exact) mass is 296 g/mol. The van der Waals surface area contributed by atoms with Gasteiger partial charge in [0.05, 0.1) is 22.9 Å². The fourth-order valence-electron chi connectivity index (χ4n) is 1.91. The largest absolute Gasteiger partial charge is 0.260 e. The molecule has 0 fully saturated rings. The molecule has 3 aromatic rings. The molecule has 0 aliphatic rings. The summed E-state index contributed by atoms with van der Waals surface area (Å²) in [4.78, 5) is 9.01. The molecule has 0 atom stereocenters. The van der Waals surface area contributed by atoms with Crippen molar-refractivity contribution in [3.63, 3.8) is 0 Å². The van der Waals surface area contributed by atoms with Crippen molar-refractivity contribution in [3.05, 3.63) is 64.8 Å². The lowest BCUT2D eigenvalue weighted by Gasteiger charge is -2.05. The highest BCUT2D eigenvalue weighted by Gasteiger charge is 2.03. The van der Waals surface area contributed by atoms with E-state index in [1.807, 2.05) is 55.5 Å². The summed E-state index contributed by atoms with van der Waals surface area (Å²) in [5, 5.41) is 4.89. The van der Waals surface area contributed by atoms with Crippen molar-refractivity contribution in [1.82, 2.24) is 9.97 Å². The predicted molar refractivity (Wildman–Crippen MR) is 86.9 cm³/mol. The van der Waals surface area contributed by atoms with E-state index in [0.717, 1.165) is 22.3 Å². The van der Waals surface area contributed by atoms with Gasteiger partial charge in [0, 0.05) is 5.02 Å². The van der Waals surface area contributed by atoms with Crippen LogP contribution in [0.15, 0.2) is 53.6 Å². The summed E-state index contributed by atoms with van der Waals surface area (Å²) in [7, 11) is 0. The first kappa shape index (κ1) is 13.5. The Kier molecular flexibility index (Phi) is 3.79. The van der Waals surface area contributed by atoms with Crippen LogP contribution < -0.4 is 5.43 Å². The molecule has 104 valence electrons. The highest BCUT2D eigenvalue weighted by molar-refractivity contribution is 6.30. The zero-order chi connectivity index (χ0) is 14.7. The number of fused-ring (bicyclic) bond motifs is 1. The van der Waals surface area contributed by atoms with Crippen LogP contribution in [0, 0.1) is 6.92 Å². The van der Waals surface area contributed by atoms with Crippen molar-refractivity contribution in [2.75, 3.05) is 5.43 Å². The predicted octanol–water partition coefficient (Wildman–Crippen LogP) is 4.04. The molecular formula is C16H13ClN4. The van der Waals surface area contributed by atoms with Crippen molar-refractivity contribution in [1.29, 1.82) is 0 Å². The first-order chi connectivity index (χ1) is 10.2. The van der Waals surface area contributed by atoms with E-state index in [0.29, 0.717) is 10.8 Å². The van der Waals surface area contributed by atoms with Crippen molar-refractivity contribution in [3.8, 4) is 0 Å². The molecule has 2 aromatic carbocycles. The molecule has 4 nitrogen and oxygen atoms in total. The lowest BCUT2D eigenvalue weighted by molar-refractivity contribution is 1.15. The standard InChI is InChI=1S/C16H13ClN4/c1-11-16(20-15-5-3-2-4-14(15)19-11)21-18-10-12-6-8-13(17)9-7-12/h2-10H,1H3,(H,20,21)/b18-10+. The van der Waals surface area contributed by atoms with Gasteiger partial charge in [-0.1, -0.05) is 35.9 Å². The van der Waals surface area contributed by atoms with Gasteiger partial charge in [-0.2, -0.15) is 5.10 Å². The first-order valence-corrected chi connectivity index (χ1v) is 6.88. The Morgan fingerprint density at radius 3 is 2.38 bits per heavy atom. The summed E-state index contributed by atoms with van der Waals surface area (Å²) in [5.41, 5.74) is 6.41. The minimum Gasteiger partial charge on any atom is -0.260 e. The van der Waals surface area contributed by atoms with E-state index in [2.05, 4.69) is 20.5 Å². The summed E-state index contributed by atoms with van der Waals surface area (Å²) in [6.45, 7) is 1.90. The molecular weight excluding hydrogens is 284 g/mol. The number of anilines is 1. The number of hydrogen-bond donors (Lipinski definition) is 1. The highest BCUT2D eigenvalue weighted by atomic mass is 35.5. The van der Waals surface area contributed by atoms with Gasteiger partial charge in [0.2, 0.25) is 0 Å². The van der Waals surface area contributed by atoms with Gasteiger partial charge >= 0.3 is 0 Å². The molecule has 3 rings (SSSR count). The van der Waals surface area contributed by atoms with E-state index in [4.69, 9.17) is 11.6 Å². The number of aryl methyl sites for hydroxylation is 1. The van der Waals surface area contributed by atoms with Crippen LogP contribution in [0.5, 0.6) is 0 Å². The fourth-order valence-corrected chi connectivity index (χ4v) is 2.04. The molecule has 0 aliphatic heterocycles. The molecule has 1 N–H and O–H groups in total. The SMILES string of the molecule is Cc1nc2ccccc2nc1N/N=C/c1ccc(Cl)cc1. The lowest BCUT2D eigenvalue weighted by Crippen LogP contribution is -1.99. The van der Waals surface area contributed by atoms with E-state index in [9.17, 15) is 0 Å². The lowest BCUT2D eigenvalue weighted by atomic mass is 10.2. The first-order valence-electron chi connectivity index (χ1n) is 6.50. The third-order valence-corrected chi connectivity index (χ3v) is 3.25. The van der Waals surface area contributed by atoms with E-state index in [-0.39, 0.29) is 0 Å². The molecule has 1 aromatic heterocycles. The number of benzene rings is 2. The van der Waals surface area contributed by atoms with Gasteiger partial charge in [-0.05, 0) is 36.8 Å². The smallest absolute Gasteiger partial charge is 0.168 e. The minimum absolute atomic E-state index is 0.652. The van der Waals surface area contributed by atoms with E-state index in [1.165, 1.54) is 0 Å². The minimum atomic E-state index is 0.652. The van der Waals surface area contributed by atoms with Gasteiger partial charge in [-0.3, -0.25) is 5.43 Å². The Labute approximate surface area is 127 Å². The zero-order valence-electron chi connectivity index (χ0n) is 11.4. The molecule has 0 spiro atoms. The molecule has 0 radical (unpaired) electrons. The van der Waals surface area contributed by atoms with Crippen LogP contribution in [0.3, 0.4) is 0 Å². The molecule has 0 saturated heterocycles. The summed E-state index contributed by atoms with van der Waals surface area (Å²) in [6, 6.07) is 15.2. The second-order valence-electron chi connectivity index (χ2n) is 4.57. The van der Waals surface area contributed by atoms with E-state index in [1.54, 1.807) is 6.21 Å². The number of para-hydroxylation sites is 2. The van der Waals surface area contributed by atoms with Crippen molar-refractivity contribution >= 4 is 34.7 Å². The van der Waals surface area contributed by atoms with E-state index >= 15 is 0 Å². The molecule has 5 heteroatoms. The quantitative estimate of drug-likeness (QED) is 0.586. The second-order valence-corrected chi connectivity index (χ2v) is 5.00. The zero-order valence-corrected chi connectivity index (χ0v) is 12.2. The Hall–Kier alpha value is -2.46. The van der Waals surface area contributed by atoms with Gasteiger partial charge in [0.25, 0.3) is 0 Å². The molecule has 0 amide bonds. The molecule has 0 saturated carbocycles. The number of hydrogen-bond acceptors (Lipinski definition) is 4. The summed E-state index contributed by atoms with van der Waals surface area (Å²) in [5.74, 6) is 0.652. The van der Waals surface area contributed by atoms with Crippen molar-refractivity contribution in [2.45, 2.75) is 6.92 Å². The highest BCUT2D eigenvalue weighted by Crippen LogP contribution is 2.15. The van der Waals surface area contributed by atoms with Crippen LogP contribution in [0.4, 0.5) is 5.82 Å². The van der Waals surface area contributed by atoms with Crippen molar-refractivity contribution in [2.24, 2.45) is 5.10 Å². The summed E-state index contributed by atoms with van der Waals surface area (Å²) < 4.78 is 0. The van der Waals surface area contributed by atoms with Gasteiger partial charge in [0.15, 0.2) is 5.82 Å². The maximum Gasteiger partial charge on any atom is 0.168 e. The maximum absolute atomic E-state index is 5.84. The van der Waals surface area contributed by atoms with Crippen LogP contribution in [0.2, 0.25) is 5.02 Å². The average Bonchev–Trinajstić information content (AvgIpc) is 2.50. The van der Waals surface area contributed by atoms with Crippen LogP contribution in [0.25, 0.3) is 11.0 Å².